The maximum Gasteiger partial charge on any atom is 0.255 e. The number of carbonyl (C=O) groups excluding carboxylic acids is 1. The molecule has 1 fully saturated rings. The van der Waals surface area contributed by atoms with E-state index >= 15 is 0 Å². The van der Waals surface area contributed by atoms with Crippen LogP contribution in [0.3, 0.4) is 0 Å². The van der Waals surface area contributed by atoms with Gasteiger partial charge in [-0.05, 0) is 54.7 Å². The quantitative estimate of drug-likeness (QED) is 0.777. The fourth-order valence-corrected chi connectivity index (χ4v) is 2.85. The van der Waals surface area contributed by atoms with Crippen molar-refractivity contribution in [2.75, 3.05) is 5.32 Å². The van der Waals surface area contributed by atoms with Gasteiger partial charge in [0, 0.05) is 11.3 Å². The van der Waals surface area contributed by atoms with Gasteiger partial charge in [-0.15, -0.1) is 0 Å². The Hall–Kier alpha value is -2.21. The molecular weight excluding hydrogens is 326 g/mol. The molecule has 1 saturated heterocycles. The Morgan fingerprint density at radius 3 is 2.15 bits per heavy atom. The number of anilines is 1. The van der Waals surface area contributed by atoms with Crippen molar-refractivity contribution in [1.29, 1.82) is 0 Å². The van der Waals surface area contributed by atoms with Gasteiger partial charge in [0.25, 0.3) is 5.91 Å². The van der Waals surface area contributed by atoms with E-state index in [1.54, 1.807) is 0 Å². The number of amides is 1. The molecule has 0 saturated carbocycles. The highest BCUT2D eigenvalue weighted by molar-refractivity contribution is 6.04. The van der Waals surface area contributed by atoms with Crippen LogP contribution in [-0.4, -0.2) is 11.6 Å². The Bertz CT molecular complexity index is 774. The molecule has 2 aromatic carbocycles. The lowest BCUT2D eigenvalue weighted by Gasteiger charge is -2.19. The number of hydrogen-bond acceptors (Lipinski definition) is 4. The Labute approximate surface area is 155 Å². The molecule has 0 spiro atoms. The fraction of sp³-hybridized carbons (Fsp3) is 0.381. The van der Waals surface area contributed by atoms with Crippen molar-refractivity contribution in [3.8, 4) is 0 Å². The number of hydrogen-bond donors (Lipinski definition) is 3. The molecule has 0 aromatic heterocycles. The van der Waals surface area contributed by atoms with Gasteiger partial charge < -0.3 is 5.32 Å². The highest BCUT2D eigenvalue weighted by Gasteiger charge is 2.31. The maximum atomic E-state index is 12.5. The third-order valence-electron chi connectivity index (χ3n) is 4.44. The molecule has 1 amide bonds. The Morgan fingerprint density at radius 1 is 1.04 bits per heavy atom. The van der Waals surface area contributed by atoms with Crippen LogP contribution >= 0.6 is 0 Å². The van der Waals surface area contributed by atoms with Crippen molar-refractivity contribution in [2.45, 2.75) is 51.9 Å². The van der Waals surface area contributed by atoms with E-state index in [9.17, 15) is 4.79 Å². The smallest absolute Gasteiger partial charge is 0.255 e. The van der Waals surface area contributed by atoms with Crippen LogP contribution in [0.15, 0.2) is 48.5 Å². The van der Waals surface area contributed by atoms with Crippen LogP contribution in [0.4, 0.5) is 5.69 Å². The van der Waals surface area contributed by atoms with Crippen LogP contribution in [0.25, 0.3) is 0 Å². The van der Waals surface area contributed by atoms with Crippen molar-refractivity contribution in [1.82, 2.24) is 10.8 Å². The Balaban J connectivity index is 1.65. The standard InChI is InChI=1S/C21H27N3O2/c1-20(2,3)16-10-12-17(13-11-16)22-19(25)15-8-6-14(7-9-15)18-23-21(4,5)26-24-18/h6-13,18,23-24H,1-5H3,(H,22,25). The molecule has 1 aliphatic heterocycles. The van der Waals surface area contributed by atoms with E-state index in [0.717, 1.165) is 11.3 Å². The molecule has 5 heteroatoms. The minimum absolute atomic E-state index is 0.0907. The van der Waals surface area contributed by atoms with Crippen LogP contribution in [0.2, 0.25) is 0 Å². The van der Waals surface area contributed by atoms with Gasteiger partial charge in [0.1, 0.15) is 11.9 Å². The zero-order chi connectivity index (χ0) is 18.9. The van der Waals surface area contributed by atoms with E-state index in [1.165, 1.54) is 5.56 Å². The van der Waals surface area contributed by atoms with Crippen LogP contribution in [0.5, 0.6) is 0 Å². The Morgan fingerprint density at radius 2 is 1.65 bits per heavy atom. The topological polar surface area (TPSA) is 62.4 Å². The summed E-state index contributed by atoms with van der Waals surface area (Å²) < 4.78 is 0. The molecule has 5 nitrogen and oxygen atoms in total. The van der Waals surface area contributed by atoms with E-state index in [-0.39, 0.29) is 17.5 Å². The second kappa shape index (κ2) is 6.83. The zero-order valence-electron chi connectivity index (χ0n) is 16.0. The summed E-state index contributed by atoms with van der Waals surface area (Å²) in [5.41, 5.74) is 6.30. The van der Waals surface area contributed by atoms with Crippen LogP contribution in [-0.2, 0) is 10.3 Å². The molecule has 26 heavy (non-hydrogen) atoms. The van der Waals surface area contributed by atoms with Gasteiger partial charge in [-0.2, -0.15) is 5.48 Å². The molecule has 138 valence electrons. The highest BCUT2D eigenvalue weighted by atomic mass is 16.7. The van der Waals surface area contributed by atoms with E-state index in [0.29, 0.717) is 5.56 Å². The third-order valence-corrected chi connectivity index (χ3v) is 4.44. The number of rotatable bonds is 3. The molecule has 1 aliphatic rings. The van der Waals surface area contributed by atoms with E-state index < -0.39 is 5.72 Å². The van der Waals surface area contributed by atoms with Crippen molar-refractivity contribution < 1.29 is 9.63 Å². The largest absolute Gasteiger partial charge is 0.322 e. The summed E-state index contributed by atoms with van der Waals surface area (Å²) in [4.78, 5) is 17.9. The molecule has 2 aromatic rings. The summed E-state index contributed by atoms with van der Waals surface area (Å²) in [6.45, 7) is 10.4. The zero-order valence-corrected chi connectivity index (χ0v) is 16.0. The lowest BCUT2D eigenvalue weighted by Crippen LogP contribution is -2.34. The SMILES string of the molecule is CC1(C)NC(c2ccc(C(=O)Nc3ccc(C(C)(C)C)cc3)cc2)NO1. The summed E-state index contributed by atoms with van der Waals surface area (Å²) in [7, 11) is 0. The first-order valence-electron chi connectivity index (χ1n) is 8.87. The van der Waals surface area contributed by atoms with E-state index in [2.05, 4.69) is 49.0 Å². The minimum Gasteiger partial charge on any atom is -0.322 e. The van der Waals surface area contributed by atoms with Crippen LogP contribution < -0.4 is 16.1 Å². The number of benzene rings is 2. The molecule has 1 atom stereocenters. The summed E-state index contributed by atoms with van der Waals surface area (Å²) in [5.74, 6) is -0.121. The van der Waals surface area contributed by atoms with E-state index in [1.807, 2.05) is 50.2 Å². The molecule has 1 unspecified atom stereocenters. The number of nitrogens with one attached hydrogen (secondary N) is 3. The average molecular weight is 353 g/mol. The molecule has 0 bridgehead atoms. The normalized spacial score (nSPS) is 19.3. The third kappa shape index (κ3) is 4.30. The predicted octanol–water partition coefficient (Wildman–Crippen LogP) is 4.10. The maximum absolute atomic E-state index is 12.5. The van der Waals surface area contributed by atoms with Gasteiger partial charge in [0.15, 0.2) is 0 Å². The predicted molar refractivity (Wildman–Crippen MR) is 104 cm³/mol. The number of hydroxylamine groups is 1. The van der Waals surface area contributed by atoms with Gasteiger partial charge >= 0.3 is 0 Å². The first kappa shape index (κ1) is 18.6. The summed E-state index contributed by atoms with van der Waals surface area (Å²) >= 11 is 0. The fourth-order valence-electron chi connectivity index (χ4n) is 2.85. The average Bonchev–Trinajstić information content (AvgIpc) is 2.94. The molecular formula is C21H27N3O2. The van der Waals surface area contributed by atoms with Crippen LogP contribution in [0, 0.1) is 0 Å². The lowest BCUT2D eigenvalue weighted by atomic mass is 9.87. The van der Waals surface area contributed by atoms with Crippen molar-refractivity contribution in [2.24, 2.45) is 0 Å². The molecule has 1 heterocycles. The van der Waals surface area contributed by atoms with Gasteiger partial charge in [0.2, 0.25) is 0 Å². The number of carbonyl (C=O) groups is 1. The minimum atomic E-state index is -0.417. The molecule has 3 rings (SSSR count). The van der Waals surface area contributed by atoms with Gasteiger partial charge in [-0.3, -0.25) is 14.9 Å². The molecule has 0 aliphatic carbocycles. The van der Waals surface area contributed by atoms with Gasteiger partial charge in [-0.25, -0.2) is 0 Å². The van der Waals surface area contributed by atoms with Crippen molar-refractivity contribution in [3.05, 3.63) is 65.2 Å². The first-order chi connectivity index (χ1) is 12.1. The molecule has 3 N–H and O–H groups in total. The van der Waals surface area contributed by atoms with Crippen LogP contribution in [0.1, 0.15) is 62.3 Å². The summed E-state index contributed by atoms with van der Waals surface area (Å²) in [6.07, 6.45) is -0.0907. The second-order valence-electron chi connectivity index (χ2n) is 8.21. The second-order valence-corrected chi connectivity index (χ2v) is 8.21. The van der Waals surface area contributed by atoms with Crippen molar-refractivity contribution in [3.63, 3.8) is 0 Å². The first-order valence-corrected chi connectivity index (χ1v) is 8.87. The van der Waals surface area contributed by atoms with Gasteiger partial charge in [-0.1, -0.05) is 45.0 Å². The monoisotopic (exact) mass is 353 g/mol. The highest BCUT2D eigenvalue weighted by Crippen LogP contribution is 2.24. The summed E-state index contributed by atoms with van der Waals surface area (Å²) in [6, 6.07) is 15.5. The summed E-state index contributed by atoms with van der Waals surface area (Å²) in [5, 5.41) is 6.26. The van der Waals surface area contributed by atoms with E-state index in [4.69, 9.17) is 4.84 Å². The lowest BCUT2D eigenvalue weighted by molar-refractivity contribution is -0.0383. The van der Waals surface area contributed by atoms with Gasteiger partial charge in [0.05, 0.1) is 0 Å². The Kier molecular flexibility index (Phi) is 4.88. The van der Waals surface area contributed by atoms with Crippen molar-refractivity contribution >= 4 is 11.6 Å². The molecule has 0 radical (unpaired) electrons.